The van der Waals surface area contributed by atoms with Gasteiger partial charge >= 0.3 is 0 Å². The number of amides is 2. The zero-order chi connectivity index (χ0) is 17.0. The van der Waals surface area contributed by atoms with Gasteiger partial charge in [-0.1, -0.05) is 42.5 Å². The Morgan fingerprint density at radius 1 is 1.13 bits per heavy atom. The molecule has 0 aliphatic rings. The summed E-state index contributed by atoms with van der Waals surface area (Å²) < 4.78 is 0. The quantitative estimate of drug-likeness (QED) is 0.854. The first-order chi connectivity index (χ1) is 10.9. The molecule has 5 heteroatoms. The molecule has 0 unspecified atom stereocenters. The third-order valence-electron chi connectivity index (χ3n) is 4.09. The molecule has 23 heavy (non-hydrogen) atoms. The van der Waals surface area contributed by atoms with Crippen LogP contribution in [0.2, 0.25) is 0 Å². The third-order valence-corrected chi connectivity index (χ3v) is 4.09. The van der Waals surface area contributed by atoms with E-state index >= 15 is 0 Å². The number of benzene rings is 2. The summed E-state index contributed by atoms with van der Waals surface area (Å²) in [5, 5.41) is 5.28. The molecular weight excluding hydrogens is 290 g/mol. The van der Waals surface area contributed by atoms with Crippen LogP contribution < -0.4 is 11.1 Å². The summed E-state index contributed by atoms with van der Waals surface area (Å²) in [7, 11) is 1.71. The molecule has 0 saturated heterocycles. The van der Waals surface area contributed by atoms with Gasteiger partial charge in [-0.3, -0.25) is 14.5 Å². The highest BCUT2D eigenvalue weighted by molar-refractivity contribution is 5.87. The van der Waals surface area contributed by atoms with Gasteiger partial charge in [0.1, 0.15) is 0 Å². The van der Waals surface area contributed by atoms with Crippen LogP contribution in [-0.2, 0) is 9.59 Å². The molecule has 2 aromatic carbocycles. The number of nitrogens with two attached hydrogens (primary N) is 1. The molecule has 2 rings (SSSR count). The van der Waals surface area contributed by atoms with Gasteiger partial charge in [0.05, 0.1) is 18.6 Å². The molecule has 0 aliphatic heterocycles. The van der Waals surface area contributed by atoms with Gasteiger partial charge in [-0.2, -0.15) is 0 Å². The maximum atomic E-state index is 12.4. The number of likely N-dealkylation sites (N-methyl/N-ethyl adjacent to an activating group) is 1. The summed E-state index contributed by atoms with van der Waals surface area (Å²) in [5.41, 5.74) is 6.24. The maximum absolute atomic E-state index is 12.4. The highest BCUT2D eigenvalue weighted by Gasteiger charge is 2.21. The first-order valence-electron chi connectivity index (χ1n) is 7.66. The highest BCUT2D eigenvalue weighted by atomic mass is 16.2. The lowest BCUT2D eigenvalue weighted by Crippen LogP contribution is -2.46. The topological polar surface area (TPSA) is 75.4 Å². The fourth-order valence-corrected chi connectivity index (χ4v) is 2.62. The summed E-state index contributed by atoms with van der Waals surface area (Å²) in [4.78, 5) is 25.0. The summed E-state index contributed by atoms with van der Waals surface area (Å²) in [5.74, 6) is -0.580. The fourth-order valence-electron chi connectivity index (χ4n) is 2.62. The molecule has 5 nitrogen and oxygen atoms in total. The van der Waals surface area contributed by atoms with Crippen LogP contribution in [0.1, 0.15) is 25.5 Å². The van der Waals surface area contributed by atoms with Crippen molar-refractivity contribution in [1.82, 2.24) is 10.2 Å². The van der Waals surface area contributed by atoms with Crippen LogP contribution in [0.3, 0.4) is 0 Å². The first kappa shape index (κ1) is 17.0. The van der Waals surface area contributed by atoms with E-state index in [9.17, 15) is 9.59 Å². The lowest BCUT2D eigenvalue weighted by Gasteiger charge is -2.25. The van der Waals surface area contributed by atoms with Crippen molar-refractivity contribution in [2.24, 2.45) is 5.73 Å². The van der Waals surface area contributed by atoms with Crippen LogP contribution >= 0.6 is 0 Å². The Morgan fingerprint density at radius 3 is 2.48 bits per heavy atom. The Hall–Kier alpha value is -2.40. The second kappa shape index (κ2) is 7.24. The van der Waals surface area contributed by atoms with Gasteiger partial charge in [-0.05, 0) is 37.2 Å². The zero-order valence-corrected chi connectivity index (χ0v) is 13.7. The Bertz CT molecular complexity index is 709. The number of nitrogens with one attached hydrogen (secondary N) is 1. The van der Waals surface area contributed by atoms with Gasteiger partial charge in [-0.15, -0.1) is 0 Å². The molecule has 3 N–H and O–H groups in total. The average molecular weight is 313 g/mol. The fraction of sp³-hybridized carbons (Fsp3) is 0.333. The summed E-state index contributed by atoms with van der Waals surface area (Å²) >= 11 is 0. The van der Waals surface area contributed by atoms with E-state index in [1.807, 2.05) is 31.2 Å². The minimum absolute atomic E-state index is 0.0528. The molecule has 0 bridgehead atoms. The van der Waals surface area contributed by atoms with Crippen molar-refractivity contribution < 1.29 is 9.59 Å². The zero-order valence-electron chi connectivity index (χ0n) is 13.7. The molecule has 2 amide bonds. The first-order valence-corrected chi connectivity index (χ1v) is 7.66. The smallest absolute Gasteiger partial charge is 0.237 e. The normalized spacial score (nSPS) is 13.7. The SMILES string of the molecule is C[C@H](NC(=O)[C@@H](C)N(C)CC(N)=O)c1cccc2ccccc12. The lowest BCUT2D eigenvalue weighted by atomic mass is 9.99. The van der Waals surface area contributed by atoms with Gasteiger partial charge in [-0.25, -0.2) is 0 Å². The Morgan fingerprint density at radius 2 is 1.78 bits per heavy atom. The molecule has 0 aliphatic carbocycles. The maximum Gasteiger partial charge on any atom is 0.237 e. The van der Waals surface area contributed by atoms with Crippen LogP contribution in [0.5, 0.6) is 0 Å². The molecule has 2 atom stereocenters. The molecule has 2 aromatic rings. The van der Waals surface area contributed by atoms with Crippen molar-refractivity contribution >= 4 is 22.6 Å². The van der Waals surface area contributed by atoms with Crippen LogP contribution in [0.15, 0.2) is 42.5 Å². The largest absolute Gasteiger partial charge is 0.369 e. The van der Waals surface area contributed by atoms with E-state index in [0.29, 0.717) is 0 Å². The second-order valence-electron chi connectivity index (χ2n) is 5.86. The molecule has 0 spiro atoms. The van der Waals surface area contributed by atoms with Crippen molar-refractivity contribution in [3.8, 4) is 0 Å². The predicted molar refractivity (Wildman–Crippen MR) is 91.8 cm³/mol. The van der Waals surface area contributed by atoms with Gasteiger partial charge in [0.25, 0.3) is 0 Å². The number of fused-ring (bicyclic) bond motifs is 1. The molecule has 0 aromatic heterocycles. The van der Waals surface area contributed by atoms with E-state index in [2.05, 4.69) is 23.5 Å². The van der Waals surface area contributed by atoms with Crippen molar-refractivity contribution in [1.29, 1.82) is 0 Å². The molecule has 0 heterocycles. The van der Waals surface area contributed by atoms with Gasteiger partial charge in [0.15, 0.2) is 0 Å². The lowest BCUT2D eigenvalue weighted by molar-refractivity contribution is -0.127. The van der Waals surface area contributed by atoms with Crippen molar-refractivity contribution in [2.45, 2.75) is 25.9 Å². The van der Waals surface area contributed by atoms with Crippen molar-refractivity contribution in [3.63, 3.8) is 0 Å². The Balaban J connectivity index is 2.13. The summed E-state index contributed by atoms with van der Waals surface area (Å²) in [6.45, 7) is 3.77. The van der Waals surface area contributed by atoms with E-state index in [1.54, 1.807) is 18.9 Å². The van der Waals surface area contributed by atoms with Gasteiger partial charge < -0.3 is 11.1 Å². The predicted octanol–water partition coefficient (Wildman–Crippen LogP) is 1.82. The number of nitrogens with zero attached hydrogens (tertiary/aromatic N) is 1. The number of primary amides is 1. The molecule has 0 saturated carbocycles. The van der Waals surface area contributed by atoms with Crippen molar-refractivity contribution in [2.75, 3.05) is 13.6 Å². The van der Waals surface area contributed by atoms with Crippen LogP contribution in [-0.4, -0.2) is 36.3 Å². The number of hydrogen-bond acceptors (Lipinski definition) is 3. The molecule has 0 radical (unpaired) electrons. The average Bonchev–Trinajstić information content (AvgIpc) is 2.52. The van der Waals surface area contributed by atoms with E-state index in [4.69, 9.17) is 5.73 Å². The number of hydrogen-bond donors (Lipinski definition) is 2. The van der Waals surface area contributed by atoms with Gasteiger partial charge in [0.2, 0.25) is 11.8 Å². The van der Waals surface area contributed by atoms with E-state index in [1.165, 1.54) is 0 Å². The number of carbonyl (C=O) groups excluding carboxylic acids is 2. The monoisotopic (exact) mass is 313 g/mol. The van der Waals surface area contributed by atoms with Crippen LogP contribution in [0.25, 0.3) is 10.8 Å². The molecule has 0 fully saturated rings. The van der Waals surface area contributed by atoms with E-state index < -0.39 is 11.9 Å². The highest BCUT2D eigenvalue weighted by Crippen LogP contribution is 2.24. The second-order valence-corrected chi connectivity index (χ2v) is 5.86. The molecule has 122 valence electrons. The standard InChI is InChI=1S/C18H23N3O2/c1-12(20-18(23)13(2)21(3)11-17(19)22)15-10-6-8-14-7-4-5-9-16(14)15/h4-10,12-13H,11H2,1-3H3,(H2,19,22)(H,20,23)/t12-,13+/m0/s1. The van der Waals surface area contributed by atoms with E-state index in [-0.39, 0.29) is 18.5 Å². The minimum atomic E-state index is -0.450. The Labute approximate surface area is 136 Å². The van der Waals surface area contributed by atoms with Crippen molar-refractivity contribution in [3.05, 3.63) is 48.0 Å². The van der Waals surface area contributed by atoms with Gasteiger partial charge in [0, 0.05) is 0 Å². The summed E-state index contributed by atoms with van der Waals surface area (Å²) in [6.07, 6.45) is 0. The molecular formula is C18H23N3O2. The number of carbonyl (C=O) groups is 2. The van der Waals surface area contributed by atoms with Crippen LogP contribution in [0, 0.1) is 0 Å². The summed E-state index contributed by atoms with van der Waals surface area (Å²) in [6, 6.07) is 13.6. The van der Waals surface area contributed by atoms with Crippen LogP contribution in [0.4, 0.5) is 0 Å². The number of rotatable bonds is 6. The van der Waals surface area contributed by atoms with E-state index in [0.717, 1.165) is 16.3 Å². The Kier molecular flexibility index (Phi) is 5.34. The minimum Gasteiger partial charge on any atom is -0.369 e. The third kappa shape index (κ3) is 4.07.